The zero-order valence-electron chi connectivity index (χ0n) is 14.0. The van der Waals surface area contributed by atoms with Gasteiger partial charge < -0.3 is 10.1 Å². The van der Waals surface area contributed by atoms with Crippen LogP contribution in [0, 0.1) is 6.92 Å². The van der Waals surface area contributed by atoms with Crippen LogP contribution in [0.3, 0.4) is 0 Å². The number of amides is 1. The summed E-state index contributed by atoms with van der Waals surface area (Å²) in [6.07, 6.45) is -1.10. The van der Waals surface area contributed by atoms with E-state index in [1.807, 2.05) is 19.1 Å². The molecule has 2 aromatic carbocycles. The van der Waals surface area contributed by atoms with Gasteiger partial charge in [-0.25, -0.2) is 18.4 Å². The van der Waals surface area contributed by atoms with Crippen LogP contribution in [-0.2, 0) is 19.6 Å². The number of aryl methyl sites for hydroxylation is 1. The minimum atomic E-state index is -4.10. The second kappa shape index (κ2) is 7.86. The Labute approximate surface area is 156 Å². The van der Waals surface area contributed by atoms with Crippen molar-refractivity contribution in [1.82, 2.24) is 0 Å². The fourth-order valence-electron chi connectivity index (χ4n) is 2.01. The van der Waals surface area contributed by atoms with Crippen molar-refractivity contribution < 1.29 is 22.7 Å². The molecule has 0 heterocycles. The molecule has 0 saturated heterocycles. The van der Waals surface area contributed by atoms with Crippen LogP contribution in [0.2, 0.25) is 5.02 Å². The number of carbonyl (C=O) groups excluding carboxylic acids is 2. The lowest BCUT2D eigenvalue weighted by atomic mass is 10.2. The SMILES string of the molecule is Cc1ccc(NC(=O)C(C)OC(=O)c2ccc(Cl)c(S(N)(=O)=O)c2)cc1. The van der Waals surface area contributed by atoms with Crippen LogP contribution >= 0.6 is 11.6 Å². The molecule has 0 saturated carbocycles. The zero-order chi connectivity index (χ0) is 19.5. The summed E-state index contributed by atoms with van der Waals surface area (Å²) in [5.41, 5.74) is 1.51. The molecule has 0 aliphatic rings. The first-order chi connectivity index (χ1) is 12.1. The molecule has 0 fully saturated rings. The van der Waals surface area contributed by atoms with Gasteiger partial charge in [-0.3, -0.25) is 4.79 Å². The van der Waals surface area contributed by atoms with E-state index in [1.54, 1.807) is 12.1 Å². The van der Waals surface area contributed by atoms with Gasteiger partial charge in [-0.15, -0.1) is 0 Å². The number of nitrogens with two attached hydrogens (primary N) is 1. The molecule has 138 valence electrons. The van der Waals surface area contributed by atoms with Gasteiger partial charge in [0.2, 0.25) is 10.0 Å². The van der Waals surface area contributed by atoms with Gasteiger partial charge in [0.15, 0.2) is 6.10 Å². The highest BCUT2D eigenvalue weighted by molar-refractivity contribution is 7.89. The molecule has 2 rings (SSSR count). The Morgan fingerprint density at radius 2 is 1.77 bits per heavy atom. The van der Waals surface area contributed by atoms with E-state index in [0.29, 0.717) is 5.69 Å². The number of benzene rings is 2. The smallest absolute Gasteiger partial charge is 0.338 e. The van der Waals surface area contributed by atoms with Gasteiger partial charge in [-0.1, -0.05) is 29.3 Å². The van der Waals surface area contributed by atoms with Crippen molar-refractivity contribution in [3.63, 3.8) is 0 Å². The fourth-order valence-corrected chi connectivity index (χ4v) is 3.08. The molecule has 1 unspecified atom stereocenters. The van der Waals surface area contributed by atoms with E-state index in [9.17, 15) is 18.0 Å². The van der Waals surface area contributed by atoms with Gasteiger partial charge in [0.25, 0.3) is 5.91 Å². The molecule has 0 spiro atoms. The Hall–Kier alpha value is -2.42. The van der Waals surface area contributed by atoms with E-state index in [1.165, 1.54) is 19.1 Å². The third-order valence-corrected chi connectivity index (χ3v) is 4.84. The summed E-state index contributed by atoms with van der Waals surface area (Å²) in [7, 11) is -4.10. The van der Waals surface area contributed by atoms with Crippen molar-refractivity contribution in [2.45, 2.75) is 24.8 Å². The van der Waals surface area contributed by atoms with Crippen molar-refractivity contribution in [3.8, 4) is 0 Å². The van der Waals surface area contributed by atoms with Crippen LogP contribution in [-0.4, -0.2) is 26.4 Å². The highest BCUT2D eigenvalue weighted by Crippen LogP contribution is 2.22. The number of carbonyl (C=O) groups is 2. The number of nitrogens with one attached hydrogen (secondary N) is 1. The van der Waals surface area contributed by atoms with Crippen molar-refractivity contribution in [1.29, 1.82) is 0 Å². The number of sulfonamides is 1. The molecule has 0 bridgehead atoms. The molecule has 0 aliphatic carbocycles. The Morgan fingerprint density at radius 1 is 1.15 bits per heavy atom. The van der Waals surface area contributed by atoms with Gasteiger partial charge in [-0.05, 0) is 44.2 Å². The number of esters is 1. The number of halogens is 1. The topological polar surface area (TPSA) is 116 Å². The molecule has 7 nitrogen and oxygen atoms in total. The van der Waals surface area contributed by atoms with Crippen LogP contribution in [0.15, 0.2) is 47.4 Å². The predicted octanol–water partition coefficient (Wildman–Crippen LogP) is 2.48. The maximum Gasteiger partial charge on any atom is 0.338 e. The molecule has 1 amide bonds. The van der Waals surface area contributed by atoms with Crippen LogP contribution < -0.4 is 10.5 Å². The monoisotopic (exact) mass is 396 g/mol. The van der Waals surface area contributed by atoms with Crippen molar-refractivity contribution in [2.24, 2.45) is 5.14 Å². The minimum absolute atomic E-state index is 0.0894. The van der Waals surface area contributed by atoms with Crippen molar-refractivity contribution in [2.75, 3.05) is 5.32 Å². The first-order valence-corrected chi connectivity index (χ1v) is 9.41. The number of primary sulfonamides is 1. The quantitative estimate of drug-likeness (QED) is 0.753. The van der Waals surface area contributed by atoms with E-state index in [4.69, 9.17) is 21.5 Å². The predicted molar refractivity (Wildman–Crippen MR) is 97.5 cm³/mol. The Kier molecular flexibility index (Phi) is 6.01. The lowest BCUT2D eigenvalue weighted by Crippen LogP contribution is -2.30. The van der Waals surface area contributed by atoms with Gasteiger partial charge in [0, 0.05) is 5.69 Å². The van der Waals surface area contributed by atoms with Gasteiger partial charge >= 0.3 is 5.97 Å². The maximum atomic E-state index is 12.2. The fraction of sp³-hybridized carbons (Fsp3) is 0.176. The highest BCUT2D eigenvalue weighted by atomic mass is 35.5. The van der Waals surface area contributed by atoms with Gasteiger partial charge in [0.05, 0.1) is 10.6 Å². The molecule has 0 radical (unpaired) electrons. The lowest BCUT2D eigenvalue weighted by molar-refractivity contribution is -0.123. The molecule has 3 N–H and O–H groups in total. The number of ether oxygens (including phenoxy) is 1. The van der Waals surface area contributed by atoms with Crippen molar-refractivity contribution >= 4 is 39.2 Å². The zero-order valence-corrected chi connectivity index (χ0v) is 15.6. The molecular weight excluding hydrogens is 380 g/mol. The van der Waals surface area contributed by atoms with E-state index in [-0.39, 0.29) is 10.6 Å². The second-order valence-electron chi connectivity index (χ2n) is 5.59. The number of hydrogen-bond donors (Lipinski definition) is 2. The van der Waals surface area contributed by atoms with E-state index >= 15 is 0 Å². The molecule has 0 aliphatic heterocycles. The molecule has 2 aromatic rings. The molecular formula is C17H17ClN2O5S. The minimum Gasteiger partial charge on any atom is -0.449 e. The van der Waals surface area contributed by atoms with Crippen molar-refractivity contribution in [3.05, 3.63) is 58.6 Å². The molecule has 9 heteroatoms. The van der Waals surface area contributed by atoms with E-state index in [2.05, 4.69) is 5.32 Å². The number of rotatable bonds is 5. The van der Waals surface area contributed by atoms with Gasteiger partial charge in [-0.2, -0.15) is 0 Å². The number of hydrogen-bond acceptors (Lipinski definition) is 5. The average Bonchev–Trinajstić information content (AvgIpc) is 2.56. The Bertz CT molecular complexity index is 942. The summed E-state index contributed by atoms with van der Waals surface area (Å²) in [4.78, 5) is 23.9. The summed E-state index contributed by atoms with van der Waals surface area (Å²) in [5, 5.41) is 7.55. The molecule has 0 aromatic heterocycles. The lowest BCUT2D eigenvalue weighted by Gasteiger charge is -2.14. The van der Waals surface area contributed by atoms with Crippen LogP contribution in [0.1, 0.15) is 22.8 Å². The summed E-state index contributed by atoms with van der Waals surface area (Å²) >= 11 is 5.77. The highest BCUT2D eigenvalue weighted by Gasteiger charge is 2.21. The Morgan fingerprint density at radius 3 is 2.35 bits per heavy atom. The third-order valence-electron chi connectivity index (χ3n) is 3.45. The third kappa shape index (κ3) is 5.04. The van der Waals surface area contributed by atoms with Crippen LogP contribution in [0.5, 0.6) is 0 Å². The normalized spacial score (nSPS) is 12.3. The van der Waals surface area contributed by atoms with Gasteiger partial charge in [0.1, 0.15) is 4.90 Å². The first-order valence-electron chi connectivity index (χ1n) is 7.49. The Balaban J connectivity index is 2.09. The molecule has 26 heavy (non-hydrogen) atoms. The van der Waals surface area contributed by atoms with E-state index < -0.39 is 32.9 Å². The average molecular weight is 397 g/mol. The summed E-state index contributed by atoms with van der Waals surface area (Å²) in [6.45, 7) is 3.32. The molecule has 1 atom stereocenters. The first kappa shape index (κ1) is 19.9. The second-order valence-corrected chi connectivity index (χ2v) is 7.53. The maximum absolute atomic E-state index is 12.2. The summed E-state index contributed by atoms with van der Waals surface area (Å²) < 4.78 is 28.0. The standard InChI is InChI=1S/C17H17ClN2O5S/c1-10-3-6-13(7-4-10)20-16(21)11(2)25-17(22)12-5-8-14(18)15(9-12)26(19,23)24/h3-9,11H,1-2H3,(H,20,21)(H2,19,23,24). The van der Waals surface area contributed by atoms with E-state index in [0.717, 1.165) is 11.6 Å². The van der Waals surface area contributed by atoms with Crippen LogP contribution in [0.4, 0.5) is 5.69 Å². The summed E-state index contributed by atoms with van der Waals surface area (Å²) in [6, 6.07) is 10.6. The summed E-state index contributed by atoms with van der Waals surface area (Å²) in [5.74, 6) is -1.40. The largest absolute Gasteiger partial charge is 0.449 e. The van der Waals surface area contributed by atoms with Crippen LogP contribution in [0.25, 0.3) is 0 Å². The number of anilines is 1.